The molecule has 5 heteroatoms. The van der Waals surface area contributed by atoms with Gasteiger partial charge in [0.2, 0.25) is 5.91 Å². The third-order valence-electron chi connectivity index (χ3n) is 1.89. The van der Waals surface area contributed by atoms with Gasteiger partial charge >= 0.3 is 0 Å². The molecule has 0 unspecified atom stereocenters. The summed E-state index contributed by atoms with van der Waals surface area (Å²) in [7, 11) is 0. The molecule has 0 aliphatic rings. The van der Waals surface area contributed by atoms with Crippen molar-refractivity contribution in [3.05, 3.63) is 34.3 Å². The van der Waals surface area contributed by atoms with Crippen molar-refractivity contribution < 1.29 is 9.90 Å². The summed E-state index contributed by atoms with van der Waals surface area (Å²) in [6.07, 6.45) is 0. The summed E-state index contributed by atoms with van der Waals surface area (Å²) in [5.41, 5.74) is 6.31. The standard InChI is InChI=1S/C10H13BrN2O2/c11-8-3-1-2-7(4-8)5-13-10(15)9(12)6-14/h1-4,9,14H,5-6,12H2,(H,13,15)/t9-/m1/s1. The zero-order valence-electron chi connectivity index (χ0n) is 8.11. The molecule has 0 aliphatic heterocycles. The monoisotopic (exact) mass is 272 g/mol. The van der Waals surface area contributed by atoms with E-state index in [2.05, 4.69) is 21.2 Å². The summed E-state index contributed by atoms with van der Waals surface area (Å²) >= 11 is 3.33. The van der Waals surface area contributed by atoms with E-state index in [4.69, 9.17) is 10.8 Å². The summed E-state index contributed by atoms with van der Waals surface area (Å²) < 4.78 is 0.959. The Hall–Kier alpha value is -0.910. The quantitative estimate of drug-likeness (QED) is 0.742. The van der Waals surface area contributed by atoms with Gasteiger partial charge in [0.25, 0.3) is 0 Å². The van der Waals surface area contributed by atoms with E-state index in [1.165, 1.54) is 0 Å². The number of amides is 1. The second-order valence-electron chi connectivity index (χ2n) is 3.14. The number of nitrogens with two attached hydrogens (primary N) is 1. The van der Waals surface area contributed by atoms with Gasteiger partial charge in [-0.2, -0.15) is 0 Å². The molecule has 1 atom stereocenters. The first-order valence-electron chi connectivity index (χ1n) is 4.52. The Bertz CT molecular complexity index is 344. The van der Waals surface area contributed by atoms with Gasteiger partial charge in [-0.05, 0) is 17.7 Å². The summed E-state index contributed by atoms with van der Waals surface area (Å²) in [5, 5.41) is 11.3. The zero-order chi connectivity index (χ0) is 11.3. The first-order valence-corrected chi connectivity index (χ1v) is 5.31. The topological polar surface area (TPSA) is 75.3 Å². The molecule has 1 amide bonds. The van der Waals surface area contributed by atoms with Crippen molar-refractivity contribution in [2.45, 2.75) is 12.6 Å². The van der Waals surface area contributed by atoms with Crippen LogP contribution in [0, 0.1) is 0 Å². The SMILES string of the molecule is N[C@H](CO)C(=O)NCc1cccc(Br)c1. The van der Waals surface area contributed by atoms with Gasteiger partial charge in [0.1, 0.15) is 6.04 Å². The number of carbonyl (C=O) groups excluding carboxylic acids is 1. The molecule has 1 rings (SSSR count). The van der Waals surface area contributed by atoms with Gasteiger partial charge in [-0.15, -0.1) is 0 Å². The summed E-state index contributed by atoms with van der Waals surface area (Å²) in [5.74, 6) is -0.350. The van der Waals surface area contributed by atoms with Crippen molar-refractivity contribution in [1.29, 1.82) is 0 Å². The van der Waals surface area contributed by atoms with Crippen LogP contribution in [0.5, 0.6) is 0 Å². The highest BCUT2D eigenvalue weighted by atomic mass is 79.9. The largest absolute Gasteiger partial charge is 0.394 e. The Morgan fingerprint density at radius 2 is 2.33 bits per heavy atom. The molecular formula is C10H13BrN2O2. The van der Waals surface area contributed by atoms with Crippen LogP contribution in [-0.4, -0.2) is 23.7 Å². The molecule has 1 aromatic rings. The van der Waals surface area contributed by atoms with Crippen LogP contribution in [0.1, 0.15) is 5.56 Å². The highest BCUT2D eigenvalue weighted by molar-refractivity contribution is 9.10. The Labute approximate surface area is 96.6 Å². The molecule has 0 saturated heterocycles. The van der Waals surface area contributed by atoms with Crippen molar-refractivity contribution in [1.82, 2.24) is 5.32 Å². The minimum Gasteiger partial charge on any atom is -0.394 e. The van der Waals surface area contributed by atoms with Crippen LogP contribution >= 0.6 is 15.9 Å². The number of benzene rings is 1. The Kier molecular flexibility index (Phi) is 4.74. The molecular weight excluding hydrogens is 260 g/mol. The van der Waals surface area contributed by atoms with Crippen LogP contribution in [-0.2, 0) is 11.3 Å². The minimum atomic E-state index is -0.850. The fourth-order valence-corrected chi connectivity index (χ4v) is 1.50. The number of carbonyl (C=O) groups is 1. The molecule has 15 heavy (non-hydrogen) atoms. The van der Waals surface area contributed by atoms with Gasteiger partial charge in [-0.25, -0.2) is 0 Å². The molecule has 1 aromatic carbocycles. The number of aliphatic hydroxyl groups is 1. The van der Waals surface area contributed by atoms with Crippen LogP contribution < -0.4 is 11.1 Å². The Morgan fingerprint density at radius 3 is 2.93 bits per heavy atom. The molecule has 0 heterocycles. The maximum absolute atomic E-state index is 11.2. The maximum atomic E-state index is 11.2. The summed E-state index contributed by atoms with van der Waals surface area (Å²) in [6, 6.07) is 6.75. The number of hydrogen-bond acceptors (Lipinski definition) is 3. The maximum Gasteiger partial charge on any atom is 0.239 e. The molecule has 0 radical (unpaired) electrons. The molecule has 0 aromatic heterocycles. The predicted molar refractivity (Wildman–Crippen MR) is 61.0 cm³/mol. The third kappa shape index (κ3) is 3.99. The second kappa shape index (κ2) is 5.85. The van der Waals surface area contributed by atoms with Crippen molar-refractivity contribution in [2.75, 3.05) is 6.61 Å². The average molecular weight is 273 g/mol. The highest BCUT2D eigenvalue weighted by Crippen LogP contribution is 2.11. The van der Waals surface area contributed by atoms with E-state index < -0.39 is 6.04 Å². The van der Waals surface area contributed by atoms with E-state index in [-0.39, 0.29) is 12.5 Å². The van der Waals surface area contributed by atoms with E-state index >= 15 is 0 Å². The molecule has 0 fully saturated rings. The van der Waals surface area contributed by atoms with Gasteiger partial charge in [0.05, 0.1) is 6.61 Å². The lowest BCUT2D eigenvalue weighted by Gasteiger charge is -2.09. The number of nitrogens with one attached hydrogen (secondary N) is 1. The molecule has 4 N–H and O–H groups in total. The lowest BCUT2D eigenvalue weighted by molar-refractivity contribution is -0.123. The number of aliphatic hydroxyl groups excluding tert-OH is 1. The van der Waals surface area contributed by atoms with Crippen LogP contribution in [0.25, 0.3) is 0 Å². The van der Waals surface area contributed by atoms with E-state index in [0.717, 1.165) is 10.0 Å². The average Bonchev–Trinajstić information content (AvgIpc) is 2.25. The number of rotatable bonds is 4. The van der Waals surface area contributed by atoms with E-state index in [9.17, 15) is 4.79 Å². The molecule has 0 aliphatic carbocycles. The van der Waals surface area contributed by atoms with Crippen molar-refractivity contribution in [3.63, 3.8) is 0 Å². The molecule has 0 saturated carbocycles. The van der Waals surface area contributed by atoms with E-state index in [0.29, 0.717) is 6.54 Å². The molecule has 0 bridgehead atoms. The van der Waals surface area contributed by atoms with Gasteiger partial charge in [-0.3, -0.25) is 4.79 Å². The lowest BCUT2D eigenvalue weighted by Crippen LogP contribution is -2.42. The van der Waals surface area contributed by atoms with Gasteiger partial charge in [0, 0.05) is 11.0 Å². The first-order chi connectivity index (χ1) is 7.13. The van der Waals surface area contributed by atoms with Gasteiger partial charge in [-0.1, -0.05) is 28.1 Å². The Morgan fingerprint density at radius 1 is 1.60 bits per heavy atom. The van der Waals surface area contributed by atoms with Gasteiger partial charge < -0.3 is 16.2 Å². The van der Waals surface area contributed by atoms with Crippen molar-refractivity contribution >= 4 is 21.8 Å². The van der Waals surface area contributed by atoms with Crippen molar-refractivity contribution in [2.24, 2.45) is 5.73 Å². The van der Waals surface area contributed by atoms with E-state index in [1.807, 2.05) is 24.3 Å². The second-order valence-corrected chi connectivity index (χ2v) is 4.05. The molecule has 82 valence electrons. The van der Waals surface area contributed by atoms with Crippen LogP contribution in [0.2, 0.25) is 0 Å². The van der Waals surface area contributed by atoms with E-state index in [1.54, 1.807) is 0 Å². The third-order valence-corrected chi connectivity index (χ3v) is 2.38. The Balaban J connectivity index is 2.47. The molecule has 0 spiro atoms. The van der Waals surface area contributed by atoms with Gasteiger partial charge in [0.15, 0.2) is 0 Å². The zero-order valence-corrected chi connectivity index (χ0v) is 9.70. The first kappa shape index (κ1) is 12.2. The summed E-state index contributed by atoms with van der Waals surface area (Å²) in [6.45, 7) is 0.0658. The minimum absolute atomic E-state index is 0.343. The van der Waals surface area contributed by atoms with Crippen LogP contribution in [0.15, 0.2) is 28.7 Å². The highest BCUT2D eigenvalue weighted by Gasteiger charge is 2.10. The smallest absolute Gasteiger partial charge is 0.239 e. The molecule has 4 nitrogen and oxygen atoms in total. The normalized spacial score (nSPS) is 12.2. The predicted octanol–water partition coefficient (Wildman–Crippen LogP) is 0.385. The number of hydrogen-bond donors (Lipinski definition) is 3. The lowest BCUT2D eigenvalue weighted by atomic mass is 10.2. The fraction of sp³-hybridized carbons (Fsp3) is 0.300. The van der Waals surface area contributed by atoms with Crippen LogP contribution in [0.3, 0.4) is 0 Å². The number of halogens is 1. The summed E-state index contributed by atoms with van der Waals surface area (Å²) in [4.78, 5) is 11.2. The van der Waals surface area contributed by atoms with Crippen molar-refractivity contribution in [3.8, 4) is 0 Å². The van der Waals surface area contributed by atoms with Crippen LogP contribution in [0.4, 0.5) is 0 Å². The fourth-order valence-electron chi connectivity index (χ4n) is 1.05.